The zero-order valence-corrected chi connectivity index (χ0v) is 12.5. The molecule has 0 aliphatic rings. The van der Waals surface area contributed by atoms with E-state index in [0.29, 0.717) is 18.2 Å². The molecule has 112 valence electrons. The fourth-order valence-corrected chi connectivity index (χ4v) is 1.88. The molecule has 6 nitrogen and oxygen atoms in total. The fourth-order valence-electron chi connectivity index (χ4n) is 1.88. The number of hydrogen-bond donors (Lipinski definition) is 2. The lowest BCUT2D eigenvalue weighted by Gasteiger charge is -2.14. The van der Waals surface area contributed by atoms with E-state index in [-0.39, 0.29) is 6.61 Å². The summed E-state index contributed by atoms with van der Waals surface area (Å²) in [6, 6.07) is 5.62. The van der Waals surface area contributed by atoms with Crippen LogP contribution in [0.3, 0.4) is 0 Å². The van der Waals surface area contributed by atoms with Crippen molar-refractivity contribution >= 4 is 5.82 Å². The van der Waals surface area contributed by atoms with Crippen molar-refractivity contribution in [1.29, 1.82) is 0 Å². The number of nitrogens with one attached hydrogen (secondary N) is 1. The topological polar surface area (TPSA) is 80.2 Å². The maximum atomic E-state index is 9.71. The predicted molar refractivity (Wildman–Crippen MR) is 81.1 cm³/mol. The number of hydrogen-bond acceptors (Lipinski definition) is 6. The lowest BCUT2D eigenvalue weighted by molar-refractivity contribution is 0.0727. The van der Waals surface area contributed by atoms with Gasteiger partial charge in [-0.05, 0) is 26.0 Å². The van der Waals surface area contributed by atoms with Crippen molar-refractivity contribution in [3.8, 4) is 11.5 Å². The third-order valence-corrected chi connectivity index (χ3v) is 3.15. The molecule has 0 amide bonds. The highest BCUT2D eigenvalue weighted by Gasteiger charge is 2.11. The van der Waals surface area contributed by atoms with E-state index in [9.17, 15) is 5.11 Å². The number of aromatic nitrogens is 3. The summed E-state index contributed by atoms with van der Waals surface area (Å²) in [6.07, 6.45) is 1.13. The number of aliphatic hydroxyl groups is 1. The highest BCUT2D eigenvalue weighted by atomic mass is 16.5. The molecule has 2 aromatic rings. The third-order valence-electron chi connectivity index (χ3n) is 3.15. The average Bonchev–Trinajstić information content (AvgIpc) is 2.50. The molecule has 0 aromatic carbocycles. The highest BCUT2D eigenvalue weighted by molar-refractivity contribution is 5.56. The van der Waals surface area contributed by atoms with Gasteiger partial charge in [-0.1, -0.05) is 6.07 Å². The molecular weight excluding hydrogens is 268 g/mol. The van der Waals surface area contributed by atoms with Gasteiger partial charge < -0.3 is 15.2 Å². The second kappa shape index (κ2) is 7.10. The summed E-state index contributed by atoms with van der Waals surface area (Å²) in [5.41, 5.74) is 2.56. The van der Waals surface area contributed by atoms with E-state index in [1.807, 2.05) is 32.0 Å². The van der Waals surface area contributed by atoms with E-state index in [1.165, 1.54) is 0 Å². The summed E-state index contributed by atoms with van der Waals surface area (Å²) in [6.45, 7) is 4.53. The smallest absolute Gasteiger partial charge is 0.180 e. The molecule has 0 saturated carbocycles. The van der Waals surface area contributed by atoms with Crippen LogP contribution in [0.2, 0.25) is 0 Å². The first-order chi connectivity index (χ1) is 10.1. The van der Waals surface area contributed by atoms with E-state index >= 15 is 0 Å². The molecule has 0 aliphatic heterocycles. The van der Waals surface area contributed by atoms with E-state index in [1.54, 1.807) is 13.3 Å². The predicted octanol–water partition coefficient (Wildman–Crippen LogP) is 1.57. The van der Waals surface area contributed by atoms with Crippen molar-refractivity contribution in [3.63, 3.8) is 0 Å². The first-order valence-corrected chi connectivity index (χ1v) is 6.79. The van der Waals surface area contributed by atoms with Gasteiger partial charge in [0, 0.05) is 31.1 Å². The molecular formula is C15H20N4O2. The van der Waals surface area contributed by atoms with Crippen molar-refractivity contribution in [1.82, 2.24) is 15.0 Å². The Kier molecular flexibility index (Phi) is 5.19. The minimum absolute atomic E-state index is 0.281. The van der Waals surface area contributed by atoms with Crippen LogP contribution < -0.4 is 5.32 Å². The molecule has 0 unspecified atom stereocenters. The van der Waals surface area contributed by atoms with Crippen LogP contribution >= 0.6 is 0 Å². The van der Waals surface area contributed by atoms with Gasteiger partial charge in [0.2, 0.25) is 0 Å². The SMILES string of the molecule is COC[C@@H](O)CNc1nc(-c2ccccn2)nc(C)c1C. The molecule has 0 saturated heterocycles. The maximum absolute atomic E-state index is 9.71. The molecule has 0 radical (unpaired) electrons. The number of aryl methyl sites for hydroxylation is 1. The monoisotopic (exact) mass is 288 g/mol. The number of ether oxygens (including phenoxy) is 1. The van der Waals surface area contributed by atoms with Crippen LogP contribution in [0.15, 0.2) is 24.4 Å². The van der Waals surface area contributed by atoms with Gasteiger partial charge in [-0.25, -0.2) is 9.97 Å². The van der Waals surface area contributed by atoms with Gasteiger partial charge >= 0.3 is 0 Å². The molecule has 2 aromatic heterocycles. The van der Waals surface area contributed by atoms with Crippen LogP contribution in [0.4, 0.5) is 5.82 Å². The zero-order valence-electron chi connectivity index (χ0n) is 12.5. The van der Waals surface area contributed by atoms with Crippen LogP contribution in [-0.4, -0.2) is 46.4 Å². The molecule has 0 aliphatic carbocycles. The van der Waals surface area contributed by atoms with E-state index in [2.05, 4.69) is 20.3 Å². The van der Waals surface area contributed by atoms with E-state index < -0.39 is 6.10 Å². The lowest BCUT2D eigenvalue weighted by atomic mass is 10.2. The number of rotatable bonds is 6. The Morgan fingerprint density at radius 2 is 2.10 bits per heavy atom. The number of pyridine rings is 1. The average molecular weight is 288 g/mol. The maximum Gasteiger partial charge on any atom is 0.180 e. The summed E-state index contributed by atoms with van der Waals surface area (Å²) in [5.74, 6) is 1.28. The van der Waals surface area contributed by atoms with Gasteiger partial charge in [0.1, 0.15) is 11.5 Å². The standard InChI is InChI=1S/C15H20N4O2/c1-10-11(2)18-15(13-6-4-5-7-16-13)19-14(10)17-8-12(20)9-21-3/h4-7,12,20H,8-9H2,1-3H3,(H,17,18,19)/t12-/m0/s1. The Balaban J connectivity index is 2.23. The quantitative estimate of drug-likeness (QED) is 0.840. The molecule has 0 spiro atoms. The number of anilines is 1. The number of nitrogens with zero attached hydrogens (tertiary/aromatic N) is 3. The highest BCUT2D eigenvalue weighted by Crippen LogP contribution is 2.20. The Morgan fingerprint density at radius 1 is 1.29 bits per heavy atom. The molecule has 6 heteroatoms. The van der Waals surface area contributed by atoms with Crippen LogP contribution in [0.1, 0.15) is 11.3 Å². The van der Waals surface area contributed by atoms with Crippen molar-refractivity contribution < 1.29 is 9.84 Å². The van der Waals surface area contributed by atoms with Gasteiger partial charge in [0.05, 0.1) is 12.7 Å². The first kappa shape index (κ1) is 15.3. The summed E-state index contributed by atoms with van der Waals surface area (Å²) in [5, 5.41) is 12.9. The second-order valence-corrected chi connectivity index (χ2v) is 4.81. The van der Waals surface area contributed by atoms with Gasteiger partial charge in [-0.15, -0.1) is 0 Å². The molecule has 2 heterocycles. The van der Waals surface area contributed by atoms with E-state index in [0.717, 1.165) is 17.0 Å². The zero-order chi connectivity index (χ0) is 15.2. The van der Waals surface area contributed by atoms with Crippen LogP contribution in [-0.2, 0) is 4.74 Å². The molecule has 0 bridgehead atoms. The summed E-state index contributed by atoms with van der Waals surface area (Å²) in [7, 11) is 1.56. The second-order valence-electron chi connectivity index (χ2n) is 4.81. The van der Waals surface area contributed by atoms with Gasteiger partial charge in [0.25, 0.3) is 0 Å². The first-order valence-electron chi connectivity index (χ1n) is 6.79. The van der Waals surface area contributed by atoms with Gasteiger partial charge in [0.15, 0.2) is 5.82 Å². The molecule has 0 fully saturated rings. The van der Waals surface area contributed by atoms with Crippen molar-refractivity contribution in [2.75, 3.05) is 25.6 Å². The Hall–Kier alpha value is -2.05. The Labute approximate surface area is 124 Å². The molecule has 21 heavy (non-hydrogen) atoms. The van der Waals surface area contributed by atoms with Crippen molar-refractivity contribution in [2.24, 2.45) is 0 Å². The summed E-state index contributed by atoms with van der Waals surface area (Å²) in [4.78, 5) is 13.2. The van der Waals surface area contributed by atoms with Gasteiger partial charge in [-0.3, -0.25) is 4.98 Å². The van der Waals surface area contributed by atoms with Crippen LogP contribution in [0, 0.1) is 13.8 Å². The number of methoxy groups -OCH3 is 1. The van der Waals surface area contributed by atoms with Crippen LogP contribution in [0.25, 0.3) is 11.5 Å². The number of aliphatic hydroxyl groups excluding tert-OH is 1. The Morgan fingerprint density at radius 3 is 2.76 bits per heavy atom. The van der Waals surface area contributed by atoms with Gasteiger partial charge in [-0.2, -0.15) is 0 Å². The summed E-state index contributed by atoms with van der Waals surface area (Å²) >= 11 is 0. The Bertz CT molecular complexity index is 590. The van der Waals surface area contributed by atoms with Crippen LogP contribution in [0.5, 0.6) is 0 Å². The molecule has 1 atom stereocenters. The molecule has 2 rings (SSSR count). The van der Waals surface area contributed by atoms with Crippen molar-refractivity contribution in [3.05, 3.63) is 35.7 Å². The normalized spacial score (nSPS) is 12.2. The summed E-state index contributed by atoms with van der Waals surface area (Å²) < 4.78 is 4.91. The fraction of sp³-hybridized carbons (Fsp3) is 0.400. The lowest BCUT2D eigenvalue weighted by Crippen LogP contribution is -2.25. The minimum atomic E-state index is -0.581. The molecule has 2 N–H and O–H groups in total. The third kappa shape index (κ3) is 3.96. The largest absolute Gasteiger partial charge is 0.389 e. The van der Waals surface area contributed by atoms with Crippen molar-refractivity contribution in [2.45, 2.75) is 20.0 Å². The minimum Gasteiger partial charge on any atom is -0.389 e. The van der Waals surface area contributed by atoms with E-state index in [4.69, 9.17) is 4.74 Å².